The summed E-state index contributed by atoms with van der Waals surface area (Å²) < 4.78 is 39.8. The highest BCUT2D eigenvalue weighted by Gasteiger charge is 2.37. The van der Waals surface area contributed by atoms with Crippen LogP contribution >= 0.6 is 11.6 Å². The van der Waals surface area contributed by atoms with Crippen molar-refractivity contribution in [2.24, 2.45) is 5.73 Å². The summed E-state index contributed by atoms with van der Waals surface area (Å²) in [5.74, 6) is 0. The Kier molecular flexibility index (Phi) is 3.82. The summed E-state index contributed by atoms with van der Waals surface area (Å²) in [4.78, 5) is 0. The topological polar surface area (TPSA) is 43.8 Å². The van der Waals surface area contributed by atoms with Crippen molar-refractivity contribution in [1.82, 2.24) is 9.78 Å². The summed E-state index contributed by atoms with van der Waals surface area (Å²) in [6.07, 6.45) is -3.34. The number of rotatable bonds is 3. The zero-order valence-corrected chi connectivity index (χ0v) is 10.5. The minimum Gasteiger partial charge on any atom is -0.326 e. The van der Waals surface area contributed by atoms with E-state index < -0.39 is 11.9 Å². The molecule has 0 fully saturated rings. The minimum absolute atomic E-state index is 0.00456. The molecule has 1 aromatic heterocycles. The van der Waals surface area contributed by atoms with Gasteiger partial charge in [0, 0.05) is 17.1 Å². The van der Waals surface area contributed by atoms with Crippen molar-refractivity contribution in [3.63, 3.8) is 0 Å². The van der Waals surface area contributed by atoms with Gasteiger partial charge in [0.2, 0.25) is 0 Å². The fraction of sp³-hybridized carbons (Fsp3) is 0.250. The lowest BCUT2D eigenvalue weighted by atomic mass is 10.2. The Morgan fingerprint density at radius 2 is 2.05 bits per heavy atom. The predicted molar refractivity (Wildman–Crippen MR) is 65.7 cm³/mol. The summed E-state index contributed by atoms with van der Waals surface area (Å²) in [5.41, 5.74) is 5.12. The van der Waals surface area contributed by atoms with Gasteiger partial charge in [0.15, 0.2) is 0 Å². The lowest BCUT2D eigenvalue weighted by Gasteiger charge is -2.12. The maximum Gasteiger partial charge on any atom is 0.433 e. The number of halogens is 4. The number of hydrogen-bond donors (Lipinski definition) is 1. The van der Waals surface area contributed by atoms with Crippen LogP contribution in [0.4, 0.5) is 13.2 Å². The molecule has 0 saturated carbocycles. The molecule has 102 valence electrons. The van der Waals surface area contributed by atoms with E-state index in [1.54, 1.807) is 24.3 Å². The Balaban J connectivity index is 2.38. The van der Waals surface area contributed by atoms with Crippen molar-refractivity contribution < 1.29 is 13.2 Å². The second kappa shape index (κ2) is 5.22. The fourth-order valence-corrected chi connectivity index (χ4v) is 2.04. The van der Waals surface area contributed by atoms with E-state index >= 15 is 0 Å². The zero-order chi connectivity index (χ0) is 14.0. The van der Waals surface area contributed by atoms with Gasteiger partial charge in [0.05, 0.1) is 12.7 Å². The van der Waals surface area contributed by atoms with Crippen molar-refractivity contribution in [2.45, 2.75) is 19.3 Å². The first-order valence-corrected chi connectivity index (χ1v) is 5.86. The third-order valence-electron chi connectivity index (χ3n) is 2.63. The van der Waals surface area contributed by atoms with Crippen molar-refractivity contribution in [2.75, 3.05) is 0 Å². The van der Waals surface area contributed by atoms with E-state index in [0.717, 1.165) is 10.9 Å². The maximum absolute atomic E-state index is 13.0. The molecule has 7 heteroatoms. The molecule has 19 heavy (non-hydrogen) atoms. The van der Waals surface area contributed by atoms with Crippen LogP contribution in [0.25, 0.3) is 0 Å². The maximum atomic E-state index is 13.0. The summed E-state index contributed by atoms with van der Waals surface area (Å²) in [5, 5.41) is 4.22. The number of aromatic nitrogens is 2. The lowest BCUT2D eigenvalue weighted by Crippen LogP contribution is -2.18. The van der Waals surface area contributed by atoms with Crippen LogP contribution < -0.4 is 5.73 Å². The number of alkyl halides is 3. The first-order chi connectivity index (χ1) is 8.91. The monoisotopic (exact) mass is 289 g/mol. The van der Waals surface area contributed by atoms with E-state index in [-0.39, 0.29) is 18.7 Å². The molecule has 0 spiro atoms. The highest BCUT2D eigenvalue weighted by atomic mass is 35.5. The molecule has 0 unspecified atom stereocenters. The predicted octanol–water partition coefficient (Wildman–Crippen LogP) is 3.06. The summed E-state index contributed by atoms with van der Waals surface area (Å²) in [6, 6.07) is 6.63. The zero-order valence-electron chi connectivity index (χ0n) is 9.78. The normalized spacial score (nSPS) is 11.8. The molecule has 0 saturated heterocycles. The van der Waals surface area contributed by atoms with E-state index in [9.17, 15) is 13.2 Å². The van der Waals surface area contributed by atoms with Crippen molar-refractivity contribution in [1.29, 1.82) is 0 Å². The lowest BCUT2D eigenvalue weighted by molar-refractivity contribution is -0.144. The van der Waals surface area contributed by atoms with Crippen LogP contribution in [0.2, 0.25) is 5.02 Å². The van der Waals surface area contributed by atoms with Crippen molar-refractivity contribution in [3.8, 4) is 0 Å². The summed E-state index contributed by atoms with van der Waals surface area (Å²) in [6.45, 7) is -0.209. The van der Waals surface area contributed by atoms with Gasteiger partial charge in [-0.15, -0.1) is 0 Å². The van der Waals surface area contributed by atoms with Gasteiger partial charge >= 0.3 is 6.18 Å². The molecular weight excluding hydrogens is 279 g/mol. The summed E-state index contributed by atoms with van der Waals surface area (Å²) >= 11 is 5.80. The molecule has 0 amide bonds. The largest absolute Gasteiger partial charge is 0.433 e. The molecule has 0 aliphatic rings. The molecule has 2 aromatic rings. The average molecular weight is 290 g/mol. The molecule has 2 N–H and O–H groups in total. The van der Waals surface area contributed by atoms with Gasteiger partial charge < -0.3 is 5.73 Å². The Morgan fingerprint density at radius 3 is 2.63 bits per heavy atom. The minimum atomic E-state index is -4.48. The van der Waals surface area contributed by atoms with Gasteiger partial charge in [-0.1, -0.05) is 23.7 Å². The molecule has 0 aliphatic heterocycles. The Morgan fingerprint density at radius 1 is 1.32 bits per heavy atom. The van der Waals surface area contributed by atoms with E-state index in [1.165, 1.54) is 0 Å². The third kappa shape index (κ3) is 3.08. The second-order valence-corrected chi connectivity index (χ2v) is 4.44. The van der Waals surface area contributed by atoms with E-state index in [2.05, 4.69) is 5.10 Å². The molecule has 0 aliphatic carbocycles. The Labute approximate surface area is 112 Å². The van der Waals surface area contributed by atoms with Crippen molar-refractivity contribution >= 4 is 11.6 Å². The van der Waals surface area contributed by atoms with Crippen LogP contribution in [0.1, 0.15) is 16.8 Å². The van der Waals surface area contributed by atoms with Gasteiger partial charge in [-0.25, -0.2) is 0 Å². The highest BCUT2D eigenvalue weighted by molar-refractivity contribution is 6.30. The van der Waals surface area contributed by atoms with E-state index in [4.69, 9.17) is 17.3 Å². The number of hydrogen-bond acceptors (Lipinski definition) is 2. The smallest absolute Gasteiger partial charge is 0.326 e. The molecule has 3 nitrogen and oxygen atoms in total. The number of benzene rings is 1. The van der Waals surface area contributed by atoms with Gasteiger partial charge in [-0.05, 0) is 17.7 Å². The molecule has 0 atom stereocenters. The van der Waals surface area contributed by atoms with Gasteiger partial charge in [-0.3, -0.25) is 4.68 Å². The van der Waals surface area contributed by atoms with Crippen LogP contribution in [0, 0.1) is 0 Å². The highest BCUT2D eigenvalue weighted by Crippen LogP contribution is 2.32. The first kappa shape index (κ1) is 13.9. The van der Waals surface area contributed by atoms with Gasteiger partial charge in [0.1, 0.15) is 5.69 Å². The third-order valence-corrected chi connectivity index (χ3v) is 2.86. The number of nitrogens with two attached hydrogens (primary N) is 1. The fourth-order valence-electron chi connectivity index (χ4n) is 1.83. The quantitative estimate of drug-likeness (QED) is 0.944. The van der Waals surface area contributed by atoms with Crippen LogP contribution in [-0.2, 0) is 19.3 Å². The molecule has 0 radical (unpaired) electrons. The van der Waals surface area contributed by atoms with E-state index in [0.29, 0.717) is 10.6 Å². The van der Waals surface area contributed by atoms with Crippen LogP contribution in [-0.4, -0.2) is 9.78 Å². The first-order valence-electron chi connectivity index (χ1n) is 5.48. The van der Waals surface area contributed by atoms with Crippen LogP contribution in [0.3, 0.4) is 0 Å². The second-order valence-electron chi connectivity index (χ2n) is 4.01. The van der Waals surface area contributed by atoms with Crippen LogP contribution in [0.15, 0.2) is 30.5 Å². The molecular formula is C12H11ClF3N3. The van der Waals surface area contributed by atoms with E-state index in [1.807, 2.05) is 0 Å². The van der Waals surface area contributed by atoms with Crippen LogP contribution in [0.5, 0.6) is 0 Å². The number of nitrogens with zero attached hydrogens (tertiary/aromatic N) is 2. The van der Waals surface area contributed by atoms with Gasteiger partial charge in [0.25, 0.3) is 0 Å². The molecule has 0 bridgehead atoms. The molecule has 2 rings (SSSR count). The Bertz CT molecular complexity index is 578. The SMILES string of the molecule is NCc1cnn(Cc2cccc(Cl)c2)c1C(F)(F)F. The molecule has 1 heterocycles. The van der Waals surface area contributed by atoms with Crippen molar-refractivity contribution in [3.05, 3.63) is 52.3 Å². The standard InChI is InChI=1S/C12H11ClF3N3/c13-10-3-1-2-8(4-10)7-19-11(12(14,15)16)9(5-17)6-18-19/h1-4,6H,5,7,17H2. The Hall–Kier alpha value is -1.53. The molecule has 1 aromatic carbocycles. The van der Waals surface area contributed by atoms with Gasteiger partial charge in [-0.2, -0.15) is 18.3 Å². The average Bonchev–Trinajstić information content (AvgIpc) is 2.71. The summed E-state index contributed by atoms with van der Waals surface area (Å²) in [7, 11) is 0.